The van der Waals surface area contributed by atoms with E-state index in [0.717, 1.165) is 25.7 Å². The summed E-state index contributed by atoms with van der Waals surface area (Å²) in [7, 11) is 0. The maximum Gasteiger partial charge on any atom is 0.407 e. The quantitative estimate of drug-likeness (QED) is 0.831. The average molecular weight is 313 g/mol. The predicted octanol–water partition coefficient (Wildman–Crippen LogP) is 2.02. The summed E-state index contributed by atoms with van der Waals surface area (Å²) in [5.41, 5.74) is 5.02. The predicted molar refractivity (Wildman–Crippen MR) is 86.5 cm³/mol. The molecule has 2 amide bonds. The maximum absolute atomic E-state index is 12.2. The first kappa shape index (κ1) is 18.7. The highest BCUT2D eigenvalue weighted by molar-refractivity contribution is 5.79. The normalized spacial score (nSPS) is 22.3. The summed E-state index contributed by atoms with van der Waals surface area (Å²) in [5, 5.41) is 2.94. The van der Waals surface area contributed by atoms with Crippen LogP contribution in [0.2, 0.25) is 0 Å². The SMILES string of the molecule is CC(C)N(C(=O)CN)[C@H]1CCCC[C@H]1NC(=O)OC(C)(C)C. The number of hydrogen-bond donors (Lipinski definition) is 2. The first-order chi connectivity index (χ1) is 10.2. The van der Waals surface area contributed by atoms with E-state index in [1.54, 1.807) is 0 Å². The van der Waals surface area contributed by atoms with Gasteiger partial charge in [-0.1, -0.05) is 12.8 Å². The monoisotopic (exact) mass is 313 g/mol. The van der Waals surface area contributed by atoms with Crippen LogP contribution in [0.4, 0.5) is 4.79 Å². The van der Waals surface area contributed by atoms with Gasteiger partial charge in [0.1, 0.15) is 5.60 Å². The lowest BCUT2D eigenvalue weighted by molar-refractivity contribution is -0.135. The van der Waals surface area contributed by atoms with Crippen molar-refractivity contribution in [1.82, 2.24) is 10.2 Å². The van der Waals surface area contributed by atoms with Crippen LogP contribution in [0.1, 0.15) is 60.3 Å². The molecule has 6 nitrogen and oxygen atoms in total. The van der Waals surface area contributed by atoms with Crippen LogP contribution in [-0.2, 0) is 9.53 Å². The highest BCUT2D eigenvalue weighted by Crippen LogP contribution is 2.25. The van der Waals surface area contributed by atoms with Crippen molar-refractivity contribution in [1.29, 1.82) is 0 Å². The fraction of sp³-hybridized carbons (Fsp3) is 0.875. The van der Waals surface area contributed by atoms with Gasteiger partial charge < -0.3 is 20.7 Å². The van der Waals surface area contributed by atoms with E-state index in [0.29, 0.717) is 0 Å². The minimum absolute atomic E-state index is 0.00611. The zero-order valence-electron chi connectivity index (χ0n) is 14.5. The van der Waals surface area contributed by atoms with E-state index in [-0.39, 0.29) is 30.6 Å². The number of nitrogens with two attached hydrogens (primary N) is 1. The van der Waals surface area contributed by atoms with Crippen molar-refractivity contribution >= 4 is 12.0 Å². The molecule has 2 atom stereocenters. The Morgan fingerprint density at radius 1 is 1.27 bits per heavy atom. The molecule has 0 saturated heterocycles. The van der Waals surface area contributed by atoms with Crippen molar-refractivity contribution in [3.05, 3.63) is 0 Å². The molecule has 22 heavy (non-hydrogen) atoms. The molecule has 0 radical (unpaired) electrons. The number of carbonyl (C=O) groups excluding carboxylic acids is 2. The average Bonchev–Trinajstić information content (AvgIpc) is 2.38. The second kappa shape index (κ2) is 7.81. The van der Waals surface area contributed by atoms with E-state index in [1.807, 2.05) is 39.5 Å². The number of alkyl carbamates (subject to hydrolysis) is 1. The Morgan fingerprint density at radius 2 is 1.86 bits per heavy atom. The second-order valence-electron chi connectivity index (χ2n) is 7.20. The molecular weight excluding hydrogens is 282 g/mol. The molecule has 1 saturated carbocycles. The zero-order chi connectivity index (χ0) is 16.9. The van der Waals surface area contributed by atoms with Crippen molar-refractivity contribution in [2.75, 3.05) is 6.54 Å². The molecule has 0 bridgehead atoms. The fourth-order valence-electron chi connectivity index (χ4n) is 3.03. The van der Waals surface area contributed by atoms with Crippen molar-refractivity contribution in [2.45, 2.75) is 84.0 Å². The van der Waals surface area contributed by atoms with Crippen molar-refractivity contribution in [2.24, 2.45) is 5.73 Å². The van der Waals surface area contributed by atoms with Gasteiger partial charge in [-0.15, -0.1) is 0 Å². The Bertz CT molecular complexity index is 391. The van der Waals surface area contributed by atoms with Gasteiger partial charge in [0, 0.05) is 6.04 Å². The molecule has 3 N–H and O–H groups in total. The first-order valence-electron chi connectivity index (χ1n) is 8.16. The summed E-state index contributed by atoms with van der Waals surface area (Å²) < 4.78 is 5.34. The van der Waals surface area contributed by atoms with Gasteiger partial charge in [0.15, 0.2) is 0 Å². The second-order valence-corrected chi connectivity index (χ2v) is 7.20. The topological polar surface area (TPSA) is 84.7 Å². The summed E-state index contributed by atoms with van der Waals surface area (Å²) >= 11 is 0. The van der Waals surface area contributed by atoms with Crippen LogP contribution >= 0.6 is 0 Å². The number of amides is 2. The number of hydrogen-bond acceptors (Lipinski definition) is 4. The number of nitrogens with zero attached hydrogens (tertiary/aromatic N) is 1. The Labute approximate surface area is 133 Å². The molecule has 0 aromatic heterocycles. The lowest BCUT2D eigenvalue weighted by Crippen LogP contribution is -2.58. The van der Waals surface area contributed by atoms with Crippen molar-refractivity contribution in [3.63, 3.8) is 0 Å². The molecule has 0 aromatic carbocycles. The minimum Gasteiger partial charge on any atom is -0.444 e. The summed E-state index contributed by atoms with van der Waals surface area (Å²) in [6.45, 7) is 9.46. The van der Waals surface area contributed by atoms with E-state index in [9.17, 15) is 9.59 Å². The number of nitrogens with one attached hydrogen (secondary N) is 1. The Balaban J connectivity index is 2.81. The van der Waals surface area contributed by atoms with Crippen molar-refractivity contribution < 1.29 is 14.3 Å². The van der Waals surface area contributed by atoms with Crippen LogP contribution in [0.3, 0.4) is 0 Å². The molecule has 1 aliphatic rings. The van der Waals surface area contributed by atoms with Gasteiger partial charge in [-0.25, -0.2) is 4.79 Å². The Kier molecular flexibility index (Phi) is 6.66. The van der Waals surface area contributed by atoms with E-state index in [1.165, 1.54) is 0 Å². The highest BCUT2D eigenvalue weighted by Gasteiger charge is 2.35. The van der Waals surface area contributed by atoms with Gasteiger partial charge in [0.25, 0.3) is 0 Å². The molecule has 0 aliphatic heterocycles. The molecule has 1 aliphatic carbocycles. The third-order valence-electron chi connectivity index (χ3n) is 3.81. The van der Waals surface area contributed by atoms with Crippen LogP contribution in [0.25, 0.3) is 0 Å². The standard InChI is InChI=1S/C16H31N3O3/c1-11(2)19(14(20)10-17)13-9-7-6-8-12(13)18-15(21)22-16(3,4)5/h11-13H,6-10,17H2,1-5H3,(H,18,21)/t12-,13+/m1/s1. The highest BCUT2D eigenvalue weighted by atomic mass is 16.6. The molecule has 0 heterocycles. The fourth-order valence-corrected chi connectivity index (χ4v) is 3.03. The van der Waals surface area contributed by atoms with Crippen LogP contribution in [0.15, 0.2) is 0 Å². The smallest absolute Gasteiger partial charge is 0.407 e. The van der Waals surface area contributed by atoms with Gasteiger partial charge in [0.2, 0.25) is 5.91 Å². The Morgan fingerprint density at radius 3 is 2.36 bits per heavy atom. The lowest BCUT2D eigenvalue weighted by Gasteiger charge is -2.42. The molecule has 0 unspecified atom stereocenters. The van der Waals surface area contributed by atoms with Crippen molar-refractivity contribution in [3.8, 4) is 0 Å². The lowest BCUT2D eigenvalue weighted by atomic mass is 9.88. The van der Waals surface area contributed by atoms with Crippen LogP contribution in [0.5, 0.6) is 0 Å². The molecule has 0 aromatic rings. The zero-order valence-corrected chi connectivity index (χ0v) is 14.5. The van der Waals surface area contributed by atoms with Crippen LogP contribution < -0.4 is 11.1 Å². The molecule has 6 heteroatoms. The molecule has 1 fully saturated rings. The van der Waals surface area contributed by atoms with E-state index < -0.39 is 11.7 Å². The molecular formula is C16H31N3O3. The van der Waals surface area contributed by atoms with E-state index in [2.05, 4.69) is 5.32 Å². The summed E-state index contributed by atoms with van der Waals surface area (Å²) in [6, 6.07) is -0.0408. The number of carbonyl (C=O) groups is 2. The first-order valence-corrected chi connectivity index (χ1v) is 8.16. The summed E-state index contributed by atoms with van der Waals surface area (Å²) in [6.07, 6.45) is 3.40. The number of rotatable bonds is 4. The largest absolute Gasteiger partial charge is 0.444 e. The molecule has 0 spiro atoms. The summed E-state index contributed by atoms with van der Waals surface area (Å²) in [5.74, 6) is -0.0714. The van der Waals surface area contributed by atoms with Crippen LogP contribution in [-0.4, -0.2) is 47.2 Å². The maximum atomic E-state index is 12.2. The summed E-state index contributed by atoms with van der Waals surface area (Å²) in [4.78, 5) is 26.0. The minimum atomic E-state index is -0.529. The van der Waals surface area contributed by atoms with E-state index >= 15 is 0 Å². The van der Waals surface area contributed by atoms with Gasteiger partial charge in [-0.05, 0) is 47.5 Å². The van der Waals surface area contributed by atoms with Gasteiger partial charge in [-0.2, -0.15) is 0 Å². The Hall–Kier alpha value is -1.30. The van der Waals surface area contributed by atoms with Gasteiger partial charge in [-0.3, -0.25) is 4.79 Å². The third-order valence-corrected chi connectivity index (χ3v) is 3.81. The van der Waals surface area contributed by atoms with E-state index in [4.69, 9.17) is 10.5 Å². The molecule has 1 rings (SSSR count). The van der Waals surface area contributed by atoms with Gasteiger partial charge in [0.05, 0.1) is 18.6 Å². The van der Waals surface area contributed by atoms with Crippen LogP contribution in [0, 0.1) is 0 Å². The number of ether oxygens (including phenoxy) is 1. The molecule has 128 valence electrons. The van der Waals surface area contributed by atoms with Gasteiger partial charge >= 0.3 is 6.09 Å². The third kappa shape index (κ3) is 5.48.